The first-order valence-corrected chi connectivity index (χ1v) is 8.21. The molecule has 0 amide bonds. The molecule has 1 unspecified atom stereocenters. The van der Waals surface area contributed by atoms with E-state index in [4.69, 9.17) is 4.89 Å². The van der Waals surface area contributed by atoms with Crippen molar-refractivity contribution in [2.24, 2.45) is 0 Å². The molecule has 0 aromatic rings. The van der Waals surface area contributed by atoms with Gasteiger partial charge in [-0.3, -0.25) is 4.89 Å². The molecular formula is C16H30O3. The van der Waals surface area contributed by atoms with Gasteiger partial charge in [0.2, 0.25) is 6.10 Å². The van der Waals surface area contributed by atoms with E-state index in [0.29, 0.717) is 0 Å². The fourth-order valence-corrected chi connectivity index (χ4v) is 2.49. The second-order valence-corrected chi connectivity index (χ2v) is 5.66. The minimum Gasteiger partial charge on any atom is -0.294 e. The fourth-order valence-electron chi connectivity index (χ4n) is 2.49. The molecule has 112 valence electrons. The SMILES string of the molecule is CCCCCCCCCCCCCCC1OOC1=O. The molecule has 1 atom stereocenters. The van der Waals surface area contributed by atoms with Crippen molar-refractivity contribution < 1.29 is 14.6 Å². The average Bonchev–Trinajstić information content (AvgIpc) is 2.42. The van der Waals surface area contributed by atoms with Gasteiger partial charge in [-0.05, 0) is 6.42 Å². The Morgan fingerprint density at radius 3 is 1.63 bits per heavy atom. The number of rotatable bonds is 13. The van der Waals surface area contributed by atoms with Crippen LogP contribution in [0, 0.1) is 0 Å². The topological polar surface area (TPSA) is 35.5 Å². The lowest BCUT2D eigenvalue weighted by atomic mass is 10.0. The third-order valence-electron chi connectivity index (χ3n) is 3.83. The molecule has 0 aromatic heterocycles. The van der Waals surface area contributed by atoms with Gasteiger partial charge in [0.05, 0.1) is 0 Å². The summed E-state index contributed by atoms with van der Waals surface area (Å²) in [6.45, 7) is 2.26. The van der Waals surface area contributed by atoms with Gasteiger partial charge in [0.1, 0.15) is 0 Å². The minimum absolute atomic E-state index is 0.192. The fraction of sp³-hybridized carbons (Fsp3) is 0.938. The molecule has 1 fully saturated rings. The van der Waals surface area contributed by atoms with Gasteiger partial charge in [0, 0.05) is 0 Å². The first-order valence-electron chi connectivity index (χ1n) is 8.21. The van der Waals surface area contributed by atoms with Crippen LogP contribution in [0.15, 0.2) is 0 Å². The molecule has 3 nitrogen and oxygen atoms in total. The maximum Gasteiger partial charge on any atom is 0.375 e. The number of carbonyl (C=O) groups excluding carboxylic acids is 1. The van der Waals surface area contributed by atoms with Crippen molar-refractivity contribution in [2.45, 2.75) is 96.5 Å². The molecule has 19 heavy (non-hydrogen) atoms. The van der Waals surface area contributed by atoms with Crippen LogP contribution in [0.2, 0.25) is 0 Å². The highest BCUT2D eigenvalue weighted by atomic mass is 17.3. The predicted octanol–water partition coefficient (Wildman–Crippen LogP) is 4.93. The van der Waals surface area contributed by atoms with Crippen molar-refractivity contribution in [3.63, 3.8) is 0 Å². The van der Waals surface area contributed by atoms with E-state index in [1.807, 2.05) is 0 Å². The summed E-state index contributed by atoms with van der Waals surface area (Å²) in [5, 5.41) is 0. The maximum atomic E-state index is 10.8. The lowest BCUT2D eigenvalue weighted by Crippen LogP contribution is -2.37. The molecule has 1 heterocycles. The van der Waals surface area contributed by atoms with Crippen molar-refractivity contribution in [1.29, 1.82) is 0 Å². The highest BCUT2D eigenvalue weighted by Crippen LogP contribution is 2.17. The van der Waals surface area contributed by atoms with Crippen molar-refractivity contribution in [1.82, 2.24) is 0 Å². The molecule has 0 spiro atoms. The maximum absolute atomic E-state index is 10.8. The Kier molecular flexibility index (Phi) is 9.78. The Balaban J connectivity index is 1.68. The zero-order valence-corrected chi connectivity index (χ0v) is 12.5. The van der Waals surface area contributed by atoms with E-state index >= 15 is 0 Å². The minimum atomic E-state index is -0.261. The molecule has 1 rings (SSSR count). The van der Waals surface area contributed by atoms with Crippen LogP contribution in [0.4, 0.5) is 0 Å². The number of carbonyl (C=O) groups is 1. The smallest absolute Gasteiger partial charge is 0.294 e. The third kappa shape index (κ3) is 8.25. The Bertz CT molecular complexity index is 228. The van der Waals surface area contributed by atoms with Crippen molar-refractivity contribution in [3.05, 3.63) is 0 Å². The van der Waals surface area contributed by atoms with Crippen LogP contribution < -0.4 is 0 Å². The normalized spacial score (nSPS) is 18.2. The summed E-state index contributed by atoms with van der Waals surface area (Å²) < 4.78 is 0. The molecule has 1 aliphatic heterocycles. The molecular weight excluding hydrogens is 240 g/mol. The number of hydrogen-bond donors (Lipinski definition) is 0. The third-order valence-corrected chi connectivity index (χ3v) is 3.83. The zero-order chi connectivity index (χ0) is 13.8. The average molecular weight is 270 g/mol. The lowest BCUT2D eigenvalue weighted by Gasteiger charge is -2.21. The molecule has 0 saturated carbocycles. The number of hydrogen-bond acceptors (Lipinski definition) is 3. The van der Waals surface area contributed by atoms with E-state index in [1.54, 1.807) is 0 Å². The largest absolute Gasteiger partial charge is 0.375 e. The van der Waals surface area contributed by atoms with Crippen LogP contribution in [0.5, 0.6) is 0 Å². The van der Waals surface area contributed by atoms with Gasteiger partial charge in [-0.15, -0.1) is 0 Å². The molecule has 3 heteroatoms. The highest BCUT2D eigenvalue weighted by molar-refractivity contribution is 5.76. The summed E-state index contributed by atoms with van der Waals surface area (Å²) in [6, 6.07) is 0. The van der Waals surface area contributed by atoms with Crippen LogP contribution in [0.3, 0.4) is 0 Å². The summed E-state index contributed by atoms with van der Waals surface area (Å²) >= 11 is 0. The van der Waals surface area contributed by atoms with Crippen molar-refractivity contribution in [3.8, 4) is 0 Å². The van der Waals surface area contributed by atoms with Gasteiger partial charge >= 0.3 is 5.97 Å². The molecule has 0 radical (unpaired) electrons. The quantitative estimate of drug-likeness (QED) is 0.351. The van der Waals surface area contributed by atoms with Gasteiger partial charge in [-0.25, -0.2) is 4.79 Å². The van der Waals surface area contributed by atoms with Crippen LogP contribution in [-0.2, 0) is 14.6 Å². The summed E-state index contributed by atoms with van der Waals surface area (Å²) in [4.78, 5) is 19.8. The molecule has 1 aliphatic rings. The molecule has 0 bridgehead atoms. The summed E-state index contributed by atoms with van der Waals surface area (Å²) in [6.07, 6.45) is 16.7. The molecule has 0 aromatic carbocycles. The van der Waals surface area contributed by atoms with E-state index < -0.39 is 0 Å². The van der Waals surface area contributed by atoms with Crippen molar-refractivity contribution in [2.75, 3.05) is 0 Å². The number of unbranched alkanes of at least 4 members (excludes halogenated alkanes) is 11. The Morgan fingerprint density at radius 1 is 0.789 bits per heavy atom. The standard InChI is InChI=1S/C16H30O3/c1-2-3-4-5-6-7-8-9-10-11-12-13-14-15-16(17)19-18-15/h15H,2-14H2,1H3. The van der Waals surface area contributed by atoms with E-state index in [2.05, 4.69) is 11.8 Å². The van der Waals surface area contributed by atoms with Crippen LogP contribution in [0.1, 0.15) is 90.4 Å². The van der Waals surface area contributed by atoms with E-state index in [-0.39, 0.29) is 12.1 Å². The Labute approximate surface area is 118 Å². The second-order valence-electron chi connectivity index (χ2n) is 5.66. The molecule has 0 N–H and O–H groups in total. The summed E-state index contributed by atoms with van der Waals surface area (Å²) in [7, 11) is 0. The van der Waals surface area contributed by atoms with Gasteiger partial charge in [0.15, 0.2) is 0 Å². The van der Waals surface area contributed by atoms with Gasteiger partial charge < -0.3 is 0 Å². The first-order chi connectivity index (χ1) is 9.34. The van der Waals surface area contributed by atoms with Crippen LogP contribution in [-0.4, -0.2) is 12.1 Å². The summed E-state index contributed by atoms with van der Waals surface area (Å²) in [5.74, 6) is -0.192. The van der Waals surface area contributed by atoms with Crippen LogP contribution >= 0.6 is 0 Å². The van der Waals surface area contributed by atoms with E-state index in [0.717, 1.165) is 12.8 Å². The zero-order valence-electron chi connectivity index (χ0n) is 12.5. The van der Waals surface area contributed by atoms with Crippen LogP contribution in [0.25, 0.3) is 0 Å². The van der Waals surface area contributed by atoms with Gasteiger partial charge in [0.25, 0.3) is 0 Å². The predicted molar refractivity (Wildman–Crippen MR) is 76.7 cm³/mol. The summed E-state index contributed by atoms with van der Waals surface area (Å²) in [5.41, 5.74) is 0. The van der Waals surface area contributed by atoms with E-state index in [1.165, 1.54) is 70.6 Å². The second kappa shape index (κ2) is 11.3. The Morgan fingerprint density at radius 2 is 1.26 bits per heavy atom. The lowest BCUT2D eigenvalue weighted by molar-refractivity contribution is -0.362. The van der Waals surface area contributed by atoms with Crippen molar-refractivity contribution >= 4 is 5.97 Å². The monoisotopic (exact) mass is 270 g/mol. The van der Waals surface area contributed by atoms with Gasteiger partial charge in [-0.1, -0.05) is 84.0 Å². The highest BCUT2D eigenvalue weighted by Gasteiger charge is 2.32. The van der Waals surface area contributed by atoms with E-state index in [9.17, 15) is 4.79 Å². The first kappa shape index (κ1) is 16.5. The molecule has 0 aliphatic carbocycles. The molecule has 1 saturated heterocycles. The Hall–Kier alpha value is -0.570. The van der Waals surface area contributed by atoms with Gasteiger partial charge in [-0.2, -0.15) is 4.89 Å².